The quantitative estimate of drug-likeness (QED) is 0.0220. The highest BCUT2D eigenvalue weighted by molar-refractivity contribution is 8.77. The average Bonchev–Trinajstić information content (AvgIpc) is 3.47. The lowest BCUT2D eigenvalue weighted by atomic mass is 9.71. The third-order valence-electron chi connectivity index (χ3n) is 6.15. The van der Waals surface area contributed by atoms with Crippen LogP contribution in [0.3, 0.4) is 0 Å². The van der Waals surface area contributed by atoms with Gasteiger partial charge in [-0.25, -0.2) is 4.57 Å². The Balaban J connectivity index is 1.71. The Morgan fingerprint density at radius 3 is 2.65 bits per heavy atom. The van der Waals surface area contributed by atoms with Crippen LogP contribution in [0, 0.1) is 11.7 Å². The second-order valence-electron chi connectivity index (χ2n) is 11.6. The fraction of sp³-hybridized carbons (Fsp3) is 0.667. The second kappa shape index (κ2) is 25.0. The van der Waals surface area contributed by atoms with Crippen LogP contribution < -0.4 is 21.1 Å². The molecule has 1 aliphatic heterocycles. The van der Waals surface area contributed by atoms with E-state index in [1.54, 1.807) is 48.6 Å². The number of hydrogen-bond acceptors (Lipinski definition) is 15. The first kappa shape index (κ1) is 46.0. The normalized spacial score (nSPS) is 18.7. The summed E-state index contributed by atoms with van der Waals surface area (Å²) < 4.78 is 44.7. The van der Waals surface area contributed by atoms with Gasteiger partial charge >= 0.3 is 7.82 Å². The number of aliphatic hydroxyl groups is 1. The van der Waals surface area contributed by atoms with Gasteiger partial charge in [-0.2, -0.15) is 5.82 Å². The Labute approximate surface area is 316 Å². The monoisotopic (exact) mass is 812 g/mol. The molecule has 1 radical (unpaired) electrons. The first-order chi connectivity index (χ1) is 24.2. The number of carbonyl (C=O) groups excluding carboxylic acids is 2. The van der Waals surface area contributed by atoms with Crippen molar-refractivity contribution in [2.24, 2.45) is 5.73 Å². The minimum Gasteiger partial charge on any atom is -0.490 e. The Kier molecular flexibility index (Phi) is 22.6. The van der Waals surface area contributed by atoms with Gasteiger partial charge in [0.1, 0.15) is 35.9 Å². The van der Waals surface area contributed by atoms with Gasteiger partial charge in [0.15, 0.2) is 0 Å². The maximum absolute atomic E-state index is 12.3. The van der Waals surface area contributed by atoms with Crippen LogP contribution in [0.15, 0.2) is 24.3 Å². The molecule has 21 heteroatoms. The zero-order chi connectivity index (χ0) is 37.7. The fourth-order valence-corrected chi connectivity index (χ4v) is 8.09. The molecule has 1 fully saturated rings. The number of ether oxygens (including phenoxy) is 5. The van der Waals surface area contributed by atoms with Crippen molar-refractivity contribution >= 4 is 70.1 Å². The van der Waals surface area contributed by atoms with E-state index in [1.165, 1.54) is 32.4 Å². The number of benzene rings is 1. The third kappa shape index (κ3) is 21.4. The zero-order valence-corrected chi connectivity index (χ0v) is 33.2. The molecule has 1 saturated heterocycles. The van der Waals surface area contributed by atoms with E-state index < -0.39 is 31.5 Å². The zero-order valence-electron chi connectivity index (χ0n) is 29.0. The molecule has 5 atom stereocenters. The summed E-state index contributed by atoms with van der Waals surface area (Å²) in [6.07, 6.45) is 0.969. The van der Waals surface area contributed by atoms with Gasteiger partial charge in [0, 0.05) is 29.4 Å². The van der Waals surface area contributed by atoms with Crippen molar-refractivity contribution in [3.63, 3.8) is 0 Å². The van der Waals surface area contributed by atoms with E-state index in [4.69, 9.17) is 39.2 Å². The molecular weight excluding hydrogens is 764 g/mol. The molecule has 0 aromatic heterocycles. The lowest BCUT2D eigenvalue weighted by molar-refractivity contribution is -0.126. The van der Waals surface area contributed by atoms with Gasteiger partial charge in [-0.1, -0.05) is 75.9 Å². The van der Waals surface area contributed by atoms with Crippen molar-refractivity contribution in [3.8, 4) is 17.5 Å². The van der Waals surface area contributed by atoms with Crippen LogP contribution in [-0.4, -0.2) is 133 Å². The minimum absolute atomic E-state index is 0.0184. The molecule has 0 aliphatic carbocycles. The van der Waals surface area contributed by atoms with Crippen molar-refractivity contribution in [2.45, 2.75) is 61.0 Å². The van der Waals surface area contributed by atoms with E-state index >= 15 is 0 Å². The summed E-state index contributed by atoms with van der Waals surface area (Å²) in [5.41, 5.74) is 4.90. The number of phosphoric ester groups is 1. The van der Waals surface area contributed by atoms with Gasteiger partial charge in [-0.15, -0.1) is 0 Å². The van der Waals surface area contributed by atoms with Gasteiger partial charge in [0.05, 0.1) is 39.1 Å². The number of nitrogens with two attached hydrogens (primary N) is 1. The molecule has 7 N–H and O–H groups in total. The second-order valence-corrected chi connectivity index (χ2v) is 18.6. The number of nitrogens with one attached hydrogen (secondary N) is 2. The van der Waals surface area contributed by atoms with Gasteiger partial charge < -0.3 is 54.9 Å². The van der Waals surface area contributed by atoms with Crippen LogP contribution in [0.25, 0.3) is 0 Å². The molecule has 0 saturated carbocycles. The number of carbonyl (C=O) groups is 2. The van der Waals surface area contributed by atoms with Crippen molar-refractivity contribution in [1.29, 1.82) is 0 Å². The van der Waals surface area contributed by atoms with Crippen LogP contribution in [0.1, 0.15) is 37.6 Å². The molecule has 1 aromatic rings. The van der Waals surface area contributed by atoms with Gasteiger partial charge in [-0.3, -0.25) is 14.1 Å². The minimum atomic E-state index is -4.66. The van der Waals surface area contributed by atoms with E-state index in [2.05, 4.69) is 47.7 Å². The van der Waals surface area contributed by atoms with E-state index in [-0.39, 0.29) is 68.2 Å². The Bertz CT molecular complexity index is 1300. The molecule has 1 aliphatic rings. The summed E-state index contributed by atoms with van der Waals surface area (Å²) in [6.45, 7) is 6.89. The summed E-state index contributed by atoms with van der Waals surface area (Å²) in [5.74, 6) is 5.60. The number of hydrogen-bond donors (Lipinski definition) is 6. The average molecular weight is 813 g/mol. The Morgan fingerprint density at radius 2 is 1.96 bits per heavy atom. The largest absolute Gasteiger partial charge is 0.490 e. The van der Waals surface area contributed by atoms with Gasteiger partial charge in [0.2, 0.25) is 5.91 Å². The van der Waals surface area contributed by atoms with Crippen LogP contribution in [-0.2, 0) is 32.8 Å². The van der Waals surface area contributed by atoms with Gasteiger partial charge in [0.25, 0.3) is 13.2 Å². The summed E-state index contributed by atoms with van der Waals surface area (Å²) in [5, 5.41) is 15.1. The third-order valence-corrected chi connectivity index (χ3v) is 12.0. The first-order valence-electron chi connectivity index (χ1n) is 15.9. The fourth-order valence-electron chi connectivity index (χ4n) is 3.99. The molecular formula is C30H48BN3O12PS4. The SMILES string of the molecule is CSS[C@H](COP(=O)(O)O)O[C@@H]1C[C@H]([B]C#CCNC(=O)COCCOC(COc2cccc(C(=O)NCCN)c2)SSC(C)(C)C)OC1CO. The highest BCUT2D eigenvalue weighted by atomic mass is 33.1. The van der Waals surface area contributed by atoms with Crippen LogP contribution in [0.5, 0.6) is 5.75 Å². The smallest absolute Gasteiger partial charge is 0.469 e. The van der Waals surface area contributed by atoms with Crippen molar-refractivity contribution in [2.75, 3.05) is 65.5 Å². The molecule has 2 amide bonds. The van der Waals surface area contributed by atoms with E-state index in [9.17, 15) is 19.3 Å². The number of rotatable bonds is 24. The summed E-state index contributed by atoms with van der Waals surface area (Å²) >= 11 is 0. The van der Waals surface area contributed by atoms with Crippen molar-refractivity contribution < 1.29 is 57.3 Å². The molecule has 2 rings (SSSR count). The molecule has 1 aromatic carbocycles. The standard InChI is InChI=1S/C30H48BN3O12PS4/c1-30(2,3)51-50-27(19-43-22-8-5-7-21(15-22)29(37)34-12-10-32)42-14-13-41-18-26(36)33-11-6-9-31-25-16-23(24(17-35)45-25)46-28(49-48-4)20-44-47(38,39)40/h5,7-8,15,23-25,27-28,35H,10-14,16-20,32H2,1-4H3,(H,33,36)(H,34,37)(H2,38,39,40)/t23-,24?,25-,27?,28-/m1/s1. The topological polar surface area (TPSA) is 217 Å². The maximum atomic E-state index is 12.3. The predicted molar refractivity (Wildman–Crippen MR) is 203 cm³/mol. The van der Waals surface area contributed by atoms with Crippen LogP contribution >= 0.6 is 51.0 Å². The molecule has 287 valence electrons. The molecule has 15 nitrogen and oxygen atoms in total. The lowest BCUT2D eigenvalue weighted by Crippen LogP contribution is -2.32. The van der Waals surface area contributed by atoms with Crippen molar-refractivity contribution in [1.82, 2.24) is 10.6 Å². The molecule has 2 unspecified atom stereocenters. The Hall–Kier alpha value is -1.15. The van der Waals surface area contributed by atoms with E-state index in [0.717, 1.165) is 0 Å². The highest BCUT2D eigenvalue weighted by Gasteiger charge is 2.37. The molecule has 51 heavy (non-hydrogen) atoms. The van der Waals surface area contributed by atoms with Crippen LogP contribution in [0.2, 0.25) is 0 Å². The molecule has 0 bridgehead atoms. The summed E-state index contributed by atoms with van der Waals surface area (Å²) in [4.78, 5) is 42.5. The number of aliphatic hydroxyl groups excluding tert-OH is 1. The predicted octanol–water partition coefficient (Wildman–Crippen LogP) is 2.01. The highest BCUT2D eigenvalue weighted by Crippen LogP contribution is 2.40. The van der Waals surface area contributed by atoms with Crippen LogP contribution in [0.4, 0.5) is 0 Å². The van der Waals surface area contributed by atoms with E-state index in [0.29, 0.717) is 30.8 Å². The first-order valence-corrected chi connectivity index (χ1v) is 22.2. The van der Waals surface area contributed by atoms with E-state index in [1.807, 2.05) is 0 Å². The summed E-state index contributed by atoms with van der Waals surface area (Å²) in [7, 11) is 2.70. The summed E-state index contributed by atoms with van der Waals surface area (Å²) in [6, 6.07) is 6.42. The number of amides is 2. The van der Waals surface area contributed by atoms with Crippen molar-refractivity contribution in [3.05, 3.63) is 29.8 Å². The maximum Gasteiger partial charge on any atom is 0.469 e. The lowest BCUT2D eigenvalue weighted by Gasteiger charge is -2.23. The Morgan fingerprint density at radius 1 is 1.18 bits per heavy atom. The number of phosphoric acid groups is 1. The molecule has 0 spiro atoms. The molecule has 1 heterocycles. The van der Waals surface area contributed by atoms with Gasteiger partial charge in [-0.05, 0) is 30.9 Å².